The summed E-state index contributed by atoms with van der Waals surface area (Å²) in [5.41, 5.74) is 1.33. The predicted octanol–water partition coefficient (Wildman–Crippen LogP) is 5.24. The van der Waals surface area contributed by atoms with Gasteiger partial charge in [0.2, 0.25) is 0 Å². The molecule has 0 unspecified atom stereocenters. The number of nitrogens with zero attached hydrogens (tertiary/aromatic N) is 2. The summed E-state index contributed by atoms with van der Waals surface area (Å²) >= 11 is 2.43. The molecule has 0 radical (unpaired) electrons. The molecule has 176 valence electrons. The molecule has 1 amide bonds. The molecule has 0 spiro atoms. The number of rotatable bonds is 5. The van der Waals surface area contributed by atoms with Crippen LogP contribution in [0, 0.1) is 6.92 Å². The predicted molar refractivity (Wildman–Crippen MR) is 132 cm³/mol. The first kappa shape index (κ1) is 22.5. The number of thiophene rings is 2. The van der Waals surface area contributed by atoms with E-state index in [-0.39, 0.29) is 17.7 Å². The van der Waals surface area contributed by atoms with Gasteiger partial charge >= 0.3 is 5.97 Å². The number of anilines is 1. The van der Waals surface area contributed by atoms with E-state index in [9.17, 15) is 14.4 Å². The zero-order chi connectivity index (χ0) is 23.8. The minimum absolute atomic E-state index is 0.0851. The third-order valence-corrected chi connectivity index (χ3v) is 7.98. The van der Waals surface area contributed by atoms with Gasteiger partial charge in [0.25, 0.3) is 11.5 Å². The van der Waals surface area contributed by atoms with Gasteiger partial charge in [-0.2, -0.15) is 0 Å². The topological polar surface area (TPSA) is 103 Å². The van der Waals surface area contributed by atoms with Crippen LogP contribution in [0.3, 0.4) is 0 Å². The minimum Gasteiger partial charge on any atom is -0.464 e. The molecule has 1 aliphatic rings. The van der Waals surface area contributed by atoms with Gasteiger partial charge in [-0.15, -0.1) is 22.7 Å². The van der Waals surface area contributed by atoms with Crippen molar-refractivity contribution < 1.29 is 18.7 Å². The first-order chi connectivity index (χ1) is 16.5. The van der Waals surface area contributed by atoms with Gasteiger partial charge in [-0.25, -0.2) is 9.78 Å². The number of esters is 1. The maximum atomic E-state index is 13.3. The number of fused-ring (bicyclic) bond motifs is 2. The summed E-state index contributed by atoms with van der Waals surface area (Å²) in [6.45, 7) is 4.36. The van der Waals surface area contributed by atoms with Crippen LogP contribution in [-0.4, -0.2) is 28.0 Å². The highest BCUT2D eigenvalue weighted by molar-refractivity contribution is 7.21. The Morgan fingerprint density at radius 1 is 1.29 bits per heavy atom. The van der Waals surface area contributed by atoms with E-state index in [1.807, 2.05) is 0 Å². The van der Waals surface area contributed by atoms with Crippen molar-refractivity contribution in [1.29, 1.82) is 0 Å². The van der Waals surface area contributed by atoms with Gasteiger partial charge in [-0.1, -0.05) is 6.42 Å². The molecule has 0 aromatic carbocycles. The molecule has 0 fully saturated rings. The largest absolute Gasteiger partial charge is 0.464 e. The number of hydrogen-bond acceptors (Lipinski definition) is 8. The standard InChI is InChI=1S/C24H23N3O5S2/c1-3-31-24(30)18-14(15-8-7-11-32-15)12-33-21(18)26-20(28)19-13(2)17-22(34-19)25-16-9-5-4-6-10-27(16)23(17)29/h7-8,11-12H,3-6,9-10H2,1-2H3,(H,26,28). The van der Waals surface area contributed by atoms with Crippen molar-refractivity contribution >= 4 is 49.8 Å². The van der Waals surface area contributed by atoms with E-state index < -0.39 is 11.9 Å². The Labute approximate surface area is 203 Å². The van der Waals surface area contributed by atoms with Crippen LogP contribution in [-0.2, 0) is 17.7 Å². The highest BCUT2D eigenvalue weighted by Gasteiger charge is 2.27. The fourth-order valence-electron chi connectivity index (χ4n) is 4.26. The number of carbonyl (C=O) groups excluding carboxylic acids is 2. The van der Waals surface area contributed by atoms with Gasteiger partial charge in [0, 0.05) is 23.9 Å². The molecule has 10 heteroatoms. The summed E-state index contributed by atoms with van der Waals surface area (Å²) in [5, 5.41) is 5.48. The second kappa shape index (κ2) is 9.19. The Morgan fingerprint density at radius 2 is 2.15 bits per heavy atom. The molecule has 0 aliphatic carbocycles. The van der Waals surface area contributed by atoms with Crippen LogP contribution in [0.1, 0.15) is 57.6 Å². The van der Waals surface area contributed by atoms with E-state index in [4.69, 9.17) is 14.1 Å². The molecule has 5 heterocycles. The molecule has 0 saturated carbocycles. The number of ether oxygens (including phenoxy) is 1. The Bertz CT molecular complexity index is 1450. The zero-order valence-electron chi connectivity index (χ0n) is 18.8. The molecule has 4 aromatic heterocycles. The number of nitrogens with one attached hydrogen (secondary N) is 1. The van der Waals surface area contributed by atoms with Gasteiger partial charge in [0.05, 0.1) is 23.1 Å². The van der Waals surface area contributed by atoms with Crippen molar-refractivity contribution in [1.82, 2.24) is 9.55 Å². The highest BCUT2D eigenvalue weighted by Crippen LogP contribution is 2.37. The molecule has 8 nitrogen and oxygen atoms in total. The molecular weight excluding hydrogens is 474 g/mol. The third kappa shape index (κ3) is 3.86. The lowest BCUT2D eigenvalue weighted by atomic mass is 10.1. The molecular formula is C24H23N3O5S2. The average molecular weight is 498 g/mol. The lowest BCUT2D eigenvalue weighted by Gasteiger charge is -2.08. The first-order valence-corrected chi connectivity index (χ1v) is 12.9. The zero-order valence-corrected chi connectivity index (χ0v) is 20.4. The number of hydrogen-bond donors (Lipinski definition) is 1. The monoisotopic (exact) mass is 497 g/mol. The number of aryl methyl sites for hydroxylation is 2. The van der Waals surface area contributed by atoms with Gasteiger partial charge in [0.1, 0.15) is 27.0 Å². The van der Waals surface area contributed by atoms with E-state index in [0.29, 0.717) is 43.5 Å². The molecule has 34 heavy (non-hydrogen) atoms. The fraction of sp³-hybridized carbons (Fsp3) is 0.333. The molecule has 0 saturated heterocycles. The molecule has 0 atom stereocenters. The second-order valence-corrected chi connectivity index (χ2v) is 9.92. The lowest BCUT2D eigenvalue weighted by Crippen LogP contribution is -2.24. The lowest BCUT2D eigenvalue weighted by molar-refractivity contribution is 0.0529. The summed E-state index contributed by atoms with van der Waals surface area (Å²) in [6, 6.07) is 3.48. The smallest absolute Gasteiger partial charge is 0.341 e. The Hall–Kier alpha value is -3.24. The molecule has 0 bridgehead atoms. The molecule has 4 aromatic rings. The van der Waals surface area contributed by atoms with Gasteiger partial charge < -0.3 is 14.5 Å². The number of amides is 1. The van der Waals surface area contributed by atoms with Crippen LogP contribution >= 0.6 is 22.7 Å². The number of aromatic nitrogens is 2. The van der Waals surface area contributed by atoms with E-state index in [2.05, 4.69) is 5.32 Å². The Kier molecular flexibility index (Phi) is 6.09. The van der Waals surface area contributed by atoms with E-state index in [1.165, 1.54) is 28.9 Å². The molecule has 1 aliphatic heterocycles. The van der Waals surface area contributed by atoms with Crippen LogP contribution < -0.4 is 10.9 Å². The maximum absolute atomic E-state index is 13.3. The van der Waals surface area contributed by atoms with Crippen LogP contribution in [0.25, 0.3) is 21.5 Å². The van der Waals surface area contributed by atoms with E-state index in [0.717, 1.165) is 31.5 Å². The number of furan rings is 1. The van der Waals surface area contributed by atoms with Crippen molar-refractivity contribution in [2.75, 3.05) is 11.9 Å². The summed E-state index contributed by atoms with van der Waals surface area (Å²) < 4.78 is 12.4. The van der Waals surface area contributed by atoms with Crippen LogP contribution in [0.4, 0.5) is 5.00 Å². The van der Waals surface area contributed by atoms with Crippen LogP contribution in [0.2, 0.25) is 0 Å². The van der Waals surface area contributed by atoms with Crippen molar-refractivity contribution in [3.8, 4) is 11.3 Å². The highest BCUT2D eigenvalue weighted by atomic mass is 32.1. The summed E-state index contributed by atoms with van der Waals surface area (Å²) in [6.07, 6.45) is 5.31. The van der Waals surface area contributed by atoms with Crippen molar-refractivity contribution in [2.45, 2.75) is 46.1 Å². The Balaban J connectivity index is 1.53. The molecule has 1 N–H and O–H groups in total. The average Bonchev–Trinajstić information content (AvgIpc) is 3.50. The first-order valence-electron chi connectivity index (χ1n) is 11.2. The van der Waals surface area contributed by atoms with Crippen molar-refractivity contribution in [3.05, 3.63) is 56.0 Å². The second-order valence-electron chi connectivity index (χ2n) is 8.04. The van der Waals surface area contributed by atoms with Crippen LogP contribution in [0.15, 0.2) is 33.0 Å². The quantitative estimate of drug-likeness (QED) is 0.378. The summed E-state index contributed by atoms with van der Waals surface area (Å²) in [7, 11) is 0. The number of carbonyl (C=O) groups is 2. The van der Waals surface area contributed by atoms with Crippen molar-refractivity contribution in [2.24, 2.45) is 0 Å². The van der Waals surface area contributed by atoms with Gasteiger partial charge in [-0.05, 0) is 44.4 Å². The van der Waals surface area contributed by atoms with Gasteiger partial charge in [0.15, 0.2) is 0 Å². The van der Waals surface area contributed by atoms with Gasteiger partial charge in [-0.3, -0.25) is 14.2 Å². The maximum Gasteiger partial charge on any atom is 0.341 e. The SMILES string of the molecule is CCOC(=O)c1c(-c2ccco2)csc1NC(=O)c1sc2nc3n(c(=O)c2c1C)CCCCC3. The summed E-state index contributed by atoms with van der Waals surface area (Å²) in [5.74, 6) is 0.367. The van der Waals surface area contributed by atoms with Crippen LogP contribution in [0.5, 0.6) is 0 Å². The van der Waals surface area contributed by atoms with Crippen molar-refractivity contribution in [3.63, 3.8) is 0 Å². The normalized spacial score (nSPS) is 13.5. The Morgan fingerprint density at radius 3 is 2.91 bits per heavy atom. The fourth-order valence-corrected chi connectivity index (χ4v) is 6.27. The van der Waals surface area contributed by atoms with E-state index >= 15 is 0 Å². The molecule has 5 rings (SSSR count). The van der Waals surface area contributed by atoms with E-state index in [1.54, 1.807) is 35.9 Å². The summed E-state index contributed by atoms with van der Waals surface area (Å²) in [4.78, 5) is 45.0. The minimum atomic E-state index is -0.540. The third-order valence-electron chi connectivity index (χ3n) is 5.90.